The number of ether oxygens (including phenoxy) is 1. The quantitative estimate of drug-likeness (QED) is 0.450. The van der Waals surface area contributed by atoms with Crippen LogP contribution in [0.25, 0.3) is 11.0 Å². The lowest BCUT2D eigenvalue weighted by atomic mass is 10.1. The van der Waals surface area contributed by atoms with Crippen LogP contribution in [0.4, 0.5) is 30.8 Å². The second-order valence-corrected chi connectivity index (χ2v) is 7.93. The minimum atomic E-state index is -4.40. The molecule has 3 aromatic heterocycles. The van der Waals surface area contributed by atoms with Gasteiger partial charge in [0.1, 0.15) is 23.5 Å². The zero-order chi connectivity index (χ0) is 24.3. The minimum Gasteiger partial charge on any atom is -0.370 e. The molecule has 0 unspecified atom stereocenters. The summed E-state index contributed by atoms with van der Waals surface area (Å²) in [6.45, 7) is 1.46. The molecule has 13 heteroatoms. The Kier molecular flexibility index (Phi) is 6.82. The predicted molar refractivity (Wildman–Crippen MR) is 119 cm³/mol. The number of fused-ring (bicyclic) bond motifs is 1. The number of carbonyl (C=O) groups is 1. The van der Waals surface area contributed by atoms with Crippen LogP contribution < -0.4 is 16.0 Å². The summed E-state index contributed by atoms with van der Waals surface area (Å²) >= 11 is 0. The van der Waals surface area contributed by atoms with Gasteiger partial charge in [0.15, 0.2) is 5.82 Å². The second kappa shape index (κ2) is 9.79. The molecule has 0 aromatic carbocycles. The lowest BCUT2D eigenvalue weighted by Gasteiger charge is -2.18. The Bertz CT molecular complexity index is 1150. The van der Waals surface area contributed by atoms with Gasteiger partial charge in [0.25, 0.3) is 0 Å². The number of rotatable bonds is 9. The monoisotopic (exact) mass is 478 g/mol. The molecule has 0 aliphatic carbocycles. The molecule has 182 valence electrons. The Morgan fingerprint density at radius 1 is 1.32 bits per heavy atom. The number of halogens is 3. The molecule has 0 spiro atoms. The number of primary amides is 1. The maximum atomic E-state index is 12.5. The molecule has 10 nitrogen and oxygen atoms in total. The molecular formula is C21H25F3N8O2. The van der Waals surface area contributed by atoms with Crippen molar-refractivity contribution in [2.75, 3.05) is 36.5 Å². The number of alkyl halides is 3. The standard InChI is InChI=1S/C21H25F3N8O2/c1-2-14-16-17(32(30-14)9-10-34-12-21(22,23)24)19(27-15-5-3-4-7-26-15)29-20(28-16)31-8-6-13(11-31)18(25)33/h3-5,7,13H,2,6,8-12H2,1H3,(H2,25,33)(H,26,27,28,29)/t13-/m1/s1. The molecule has 0 radical (unpaired) electrons. The van der Waals surface area contributed by atoms with Crippen molar-refractivity contribution in [3.8, 4) is 0 Å². The van der Waals surface area contributed by atoms with Gasteiger partial charge >= 0.3 is 6.18 Å². The van der Waals surface area contributed by atoms with Crippen LogP contribution in [0, 0.1) is 5.92 Å². The molecule has 0 saturated carbocycles. The number of pyridine rings is 1. The molecule has 4 rings (SSSR count). The van der Waals surface area contributed by atoms with Gasteiger partial charge in [0, 0.05) is 19.3 Å². The van der Waals surface area contributed by atoms with Gasteiger partial charge in [-0.2, -0.15) is 23.3 Å². The highest BCUT2D eigenvalue weighted by Gasteiger charge is 2.30. The predicted octanol–water partition coefficient (Wildman–Crippen LogP) is 2.42. The Labute approximate surface area is 193 Å². The Hall–Kier alpha value is -3.48. The summed E-state index contributed by atoms with van der Waals surface area (Å²) in [5.74, 6) is 0.701. The van der Waals surface area contributed by atoms with Crippen LogP contribution in [0.1, 0.15) is 19.0 Å². The first-order valence-electron chi connectivity index (χ1n) is 10.9. The van der Waals surface area contributed by atoms with Crippen LogP contribution in [0.3, 0.4) is 0 Å². The largest absolute Gasteiger partial charge is 0.411 e. The molecule has 1 fully saturated rings. The molecule has 4 heterocycles. The zero-order valence-corrected chi connectivity index (χ0v) is 18.5. The van der Waals surface area contributed by atoms with E-state index in [1.807, 2.05) is 17.9 Å². The van der Waals surface area contributed by atoms with E-state index in [0.717, 1.165) is 0 Å². The molecule has 1 aliphatic rings. The number of nitrogens with zero attached hydrogens (tertiary/aromatic N) is 6. The van der Waals surface area contributed by atoms with E-state index in [1.165, 1.54) is 0 Å². The van der Waals surface area contributed by atoms with Gasteiger partial charge in [-0.3, -0.25) is 9.48 Å². The number of aryl methyl sites for hydroxylation is 1. The molecule has 1 saturated heterocycles. The highest BCUT2D eigenvalue weighted by Crippen LogP contribution is 2.30. The average molecular weight is 478 g/mol. The number of hydrogen-bond donors (Lipinski definition) is 2. The van der Waals surface area contributed by atoms with Crippen LogP contribution in [0.2, 0.25) is 0 Å². The number of nitrogens with two attached hydrogens (primary N) is 1. The van der Waals surface area contributed by atoms with E-state index >= 15 is 0 Å². The fourth-order valence-corrected chi connectivity index (χ4v) is 3.83. The molecule has 3 N–H and O–H groups in total. The number of nitrogens with one attached hydrogen (secondary N) is 1. The van der Waals surface area contributed by atoms with Crippen LogP contribution in [0.5, 0.6) is 0 Å². The maximum absolute atomic E-state index is 12.5. The molecule has 1 amide bonds. The van der Waals surface area contributed by atoms with Crippen molar-refractivity contribution in [3.63, 3.8) is 0 Å². The zero-order valence-electron chi connectivity index (χ0n) is 18.5. The van der Waals surface area contributed by atoms with E-state index < -0.39 is 12.8 Å². The number of aromatic nitrogens is 5. The van der Waals surface area contributed by atoms with E-state index in [-0.39, 0.29) is 25.0 Å². The van der Waals surface area contributed by atoms with E-state index in [9.17, 15) is 18.0 Å². The van der Waals surface area contributed by atoms with Gasteiger partial charge in [0.2, 0.25) is 11.9 Å². The van der Waals surface area contributed by atoms with Gasteiger partial charge in [-0.25, -0.2) is 9.97 Å². The van der Waals surface area contributed by atoms with Crippen LogP contribution >= 0.6 is 0 Å². The van der Waals surface area contributed by atoms with E-state index in [2.05, 4.69) is 20.4 Å². The third kappa shape index (κ3) is 5.35. The smallest absolute Gasteiger partial charge is 0.370 e. The summed E-state index contributed by atoms with van der Waals surface area (Å²) in [5.41, 5.74) is 7.25. The van der Waals surface area contributed by atoms with Gasteiger partial charge in [-0.15, -0.1) is 0 Å². The summed E-state index contributed by atoms with van der Waals surface area (Å²) in [6.07, 6.45) is -1.62. The average Bonchev–Trinajstić information content (AvgIpc) is 3.42. The van der Waals surface area contributed by atoms with Crippen LogP contribution in [-0.2, 0) is 22.5 Å². The van der Waals surface area contributed by atoms with Crippen molar-refractivity contribution < 1.29 is 22.7 Å². The summed E-state index contributed by atoms with van der Waals surface area (Å²) in [6, 6.07) is 5.35. The molecule has 1 atom stereocenters. The van der Waals surface area contributed by atoms with Crippen molar-refractivity contribution in [1.29, 1.82) is 0 Å². The minimum absolute atomic E-state index is 0.0830. The van der Waals surface area contributed by atoms with Crippen molar-refractivity contribution in [3.05, 3.63) is 30.1 Å². The summed E-state index contributed by atoms with van der Waals surface area (Å²) in [4.78, 5) is 27.2. The van der Waals surface area contributed by atoms with Gasteiger partial charge in [0.05, 0.1) is 24.8 Å². The van der Waals surface area contributed by atoms with E-state index in [0.29, 0.717) is 60.2 Å². The Morgan fingerprint density at radius 3 is 2.79 bits per heavy atom. The van der Waals surface area contributed by atoms with Crippen molar-refractivity contribution in [2.45, 2.75) is 32.5 Å². The Balaban J connectivity index is 1.71. The fourth-order valence-electron chi connectivity index (χ4n) is 3.83. The Morgan fingerprint density at radius 2 is 2.15 bits per heavy atom. The second-order valence-electron chi connectivity index (χ2n) is 7.93. The van der Waals surface area contributed by atoms with E-state index in [4.69, 9.17) is 15.5 Å². The first-order chi connectivity index (χ1) is 16.2. The molecule has 3 aromatic rings. The molecule has 0 bridgehead atoms. The van der Waals surface area contributed by atoms with Gasteiger partial charge in [-0.1, -0.05) is 13.0 Å². The van der Waals surface area contributed by atoms with Crippen LogP contribution in [-0.4, -0.2) is 63.1 Å². The summed E-state index contributed by atoms with van der Waals surface area (Å²) in [5, 5.41) is 7.73. The molecule has 34 heavy (non-hydrogen) atoms. The van der Waals surface area contributed by atoms with Gasteiger partial charge in [-0.05, 0) is 25.0 Å². The normalized spacial score (nSPS) is 16.4. The molecular weight excluding hydrogens is 453 g/mol. The lowest BCUT2D eigenvalue weighted by Crippen LogP contribution is -2.28. The number of amides is 1. The lowest BCUT2D eigenvalue weighted by molar-refractivity contribution is -0.174. The molecule has 1 aliphatic heterocycles. The summed E-state index contributed by atoms with van der Waals surface area (Å²) < 4.78 is 43.7. The topological polar surface area (TPSA) is 124 Å². The maximum Gasteiger partial charge on any atom is 0.411 e. The van der Waals surface area contributed by atoms with Crippen molar-refractivity contribution in [2.24, 2.45) is 11.7 Å². The fraction of sp³-hybridized carbons (Fsp3) is 0.476. The van der Waals surface area contributed by atoms with Crippen molar-refractivity contribution >= 4 is 34.5 Å². The van der Waals surface area contributed by atoms with E-state index in [1.54, 1.807) is 23.0 Å². The summed E-state index contributed by atoms with van der Waals surface area (Å²) in [7, 11) is 0. The van der Waals surface area contributed by atoms with Gasteiger partial charge < -0.3 is 20.7 Å². The first-order valence-corrected chi connectivity index (χ1v) is 10.9. The highest BCUT2D eigenvalue weighted by atomic mass is 19.4. The SMILES string of the molecule is CCc1nn(CCOCC(F)(F)F)c2c(Nc3ccccn3)nc(N3CC[C@@H](C(N)=O)C3)nc12. The van der Waals surface area contributed by atoms with Crippen molar-refractivity contribution in [1.82, 2.24) is 24.7 Å². The third-order valence-corrected chi connectivity index (χ3v) is 5.48. The highest BCUT2D eigenvalue weighted by molar-refractivity contribution is 5.90. The third-order valence-electron chi connectivity index (χ3n) is 5.48. The number of anilines is 3. The first kappa shape index (κ1) is 23.7. The van der Waals surface area contributed by atoms with Crippen LogP contribution in [0.15, 0.2) is 24.4 Å². The number of hydrogen-bond acceptors (Lipinski definition) is 8. The number of carbonyl (C=O) groups excluding carboxylic acids is 1.